The minimum absolute atomic E-state index is 0.159. The van der Waals surface area contributed by atoms with Crippen LogP contribution in [0.25, 0.3) is 0 Å². The number of imide groups is 1. The largest absolute Gasteiger partial charge is 0.493 e. The number of thioether (sulfide) groups is 1. The van der Waals surface area contributed by atoms with Gasteiger partial charge in [-0.25, -0.2) is 4.90 Å². The van der Waals surface area contributed by atoms with Gasteiger partial charge in [0, 0.05) is 15.8 Å². The number of methoxy groups -OCH3 is 1. The van der Waals surface area contributed by atoms with Gasteiger partial charge >= 0.3 is 11.0 Å². The van der Waals surface area contributed by atoms with Crippen LogP contribution in [-0.2, 0) is 22.4 Å². The van der Waals surface area contributed by atoms with Crippen molar-refractivity contribution in [3.8, 4) is 11.5 Å². The molecular weight excluding hydrogens is 613 g/mol. The van der Waals surface area contributed by atoms with Gasteiger partial charge in [0.05, 0.1) is 29.3 Å². The second kappa shape index (κ2) is 10.8. The number of ether oxygens (including phenoxy) is 2. The summed E-state index contributed by atoms with van der Waals surface area (Å²) in [5, 5.41) is 0.0578. The number of benzene rings is 3. The summed E-state index contributed by atoms with van der Waals surface area (Å²) in [5.41, 5.74) is 0.294. The number of carbonyl (C=O) groups is 2. The number of alkyl halides is 3. The summed E-state index contributed by atoms with van der Waals surface area (Å²) in [7, 11) is 1.46. The van der Waals surface area contributed by atoms with E-state index in [1.807, 2.05) is 6.07 Å². The molecule has 0 bridgehead atoms. The number of nitrogens with one attached hydrogen (secondary N) is 1. The summed E-state index contributed by atoms with van der Waals surface area (Å²) in [6.07, 6.45) is -4.65. The van der Waals surface area contributed by atoms with Gasteiger partial charge in [-0.1, -0.05) is 59.0 Å². The maximum absolute atomic E-state index is 13.9. The first-order valence-electron chi connectivity index (χ1n) is 12.5. The van der Waals surface area contributed by atoms with Gasteiger partial charge in [-0.3, -0.25) is 14.4 Å². The predicted octanol–water partition coefficient (Wildman–Crippen LogP) is 6.49. The van der Waals surface area contributed by atoms with Crippen molar-refractivity contribution in [2.75, 3.05) is 12.0 Å². The fourth-order valence-corrected chi connectivity index (χ4v) is 7.96. The van der Waals surface area contributed by atoms with Crippen LogP contribution < -0.4 is 19.2 Å². The van der Waals surface area contributed by atoms with E-state index in [9.17, 15) is 27.6 Å². The SMILES string of the molecule is COc1cc([C@H]2c3sc(=O)[nH]c3SC3C(=O)N(c4cccc(C(F)(F)F)c4)C(=O)C32)ccc1OCc1cccc(Cl)c1. The topological polar surface area (TPSA) is 88.7 Å². The number of nitrogens with zero attached hydrogens (tertiary/aromatic N) is 1. The van der Waals surface area contributed by atoms with Gasteiger partial charge < -0.3 is 14.5 Å². The van der Waals surface area contributed by atoms with E-state index in [1.165, 1.54) is 13.2 Å². The maximum atomic E-state index is 13.9. The summed E-state index contributed by atoms with van der Waals surface area (Å²) >= 11 is 8.04. The van der Waals surface area contributed by atoms with Crippen molar-refractivity contribution in [3.63, 3.8) is 0 Å². The van der Waals surface area contributed by atoms with E-state index in [4.69, 9.17) is 21.1 Å². The van der Waals surface area contributed by atoms with Gasteiger partial charge in [-0.2, -0.15) is 13.2 Å². The molecule has 2 aliphatic heterocycles. The smallest absolute Gasteiger partial charge is 0.416 e. The Bertz CT molecular complexity index is 1770. The normalized spacial score (nSPS) is 19.9. The Balaban J connectivity index is 1.38. The second-order valence-electron chi connectivity index (χ2n) is 9.64. The van der Waals surface area contributed by atoms with E-state index < -0.39 is 40.6 Å². The number of hydrogen-bond acceptors (Lipinski definition) is 7. The highest BCUT2D eigenvalue weighted by Gasteiger charge is 2.56. The highest BCUT2D eigenvalue weighted by atomic mass is 35.5. The molecule has 0 spiro atoms. The minimum atomic E-state index is -4.65. The first-order chi connectivity index (χ1) is 20.0. The Morgan fingerprint density at radius 1 is 0.976 bits per heavy atom. The van der Waals surface area contributed by atoms with Crippen LogP contribution in [0.15, 0.2) is 76.6 Å². The zero-order chi connectivity index (χ0) is 29.8. The third-order valence-electron chi connectivity index (χ3n) is 7.09. The number of hydrogen-bond donors (Lipinski definition) is 1. The molecule has 1 N–H and O–H groups in total. The van der Waals surface area contributed by atoms with Gasteiger partial charge in [0.1, 0.15) is 11.9 Å². The molecule has 1 aromatic heterocycles. The molecule has 3 aromatic carbocycles. The molecule has 3 atom stereocenters. The van der Waals surface area contributed by atoms with Gasteiger partial charge in [0.25, 0.3) is 0 Å². The summed E-state index contributed by atoms with van der Waals surface area (Å²) in [6.45, 7) is 0.212. The average molecular weight is 633 g/mol. The number of rotatable bonds is 6. The Kier molecular flexibility index (Phi) is 7.32. The van der Waals surface area contributed by atoms with Gasteiger partial charge in [0.15, 0.2) is 11.5 Å². The molecule has 0 saturated carbocycles. The zero-order valence-electron chi connectivity index (χ0n) is 21.6. The third kappa shape index (κ3) is 5.07. The van der Waals surface area contributed by atoms with Crippen LogP contribution in [0.5, 0.6) is 11.5 Å². The lowest BCUT2D eigenvalue weighted by Crippen LogP contribution is -2.32. The van der Waals surface area contributed by atoms with Gasteiger partial charge in [-0.15, -0.1) is 0 Å². The Morgan fingerprint density at radius 3 is 2.50 bits per heavy atom. The van der Waals surface area contributed by atoms with Crippen LogP contribution >= 0.6 is 34.7 Å². The lowest BCUT2D eigenvalue weighted by molar-refractivity contribution is -0.137. The van der Waals surface area contributed by atoms with E-state index in [0.717, 1.165) is 51.8 Å². The van der Waals surface area contributed by atoms with E-state index in [0.29, 0.717) is 32.0 Å². The number of thiazole rings is 1. The van der Waals surface area contributed by atoms with Crippen LogP contribution in [-0.4, -0.2) is 29.2 Å². The van der Waals surface area contributed by atoms with Gasteiger partial charge in [0.2, 0.25) is 11.8 Å². The van der Waals surface area contributed by atoms with Crippen molar-refractivity contribution < 1.29 is 32.2 Å². The summed E-state index contributed by atoms with van der Waals surface area (Å²) in [6, 6.07) is 16.4. The molecule has 0 aliphatic carbocycles. The van der Waals surface area contributed by atoms with Crippen molar-refractivity contribution in [1.82, 2.24) is 4.98 Å². The number of aromatic amines is 1. The molecule has 1 saturated heterocycles. The number of amides is 2. The summed E-state index contributed by atoms with van der Waals surface area (Å²) in [4.78, 5) is 43.6. The van der Waals surface area contributed by atoms with Crippen LogP contribution in [0.4, 0.5) is 18.9 Å². The molecule has 2 unspecified atom stereocenters. The highest BCUT2D eigenvalue weighted by Crippen LogP contribution is 2.54. The molecule has 7 nitrogen and oxygen atoms in total. The predicted molar refractivity (Wildman–Crippen MR) is 153 cm³/mol. The first-order valence-corrected chi connectivity index (χ1v) is 14.6. The lowest BCUT2D eigenvalue weighted by atomic mass is 9.83. The monoisotopic (exact) mass is 632 g/mol. The molecule has 13 heteroatoms. The van der Waals surface area contributed by atoms with Crippen molar-refractivity contribution in [2.24, 2.45) is 5.92 Å². The minimum Gasteiger partial charge on any atom is -0.493 e. The van der Waals surface area contributed by atoms with Crippen LogP contribution in [0, 0.1) is 5.92 Å². The van der Waals surface area contributed by atoms with Crippen molar-refractivity contribution in [1.29, 1.82) is 0 Å². The molecule has 6 rings (SSSR count). The number of fused-ring (bicyclic) bond motifs is 2. The fourth-order valence-electron chi connectivity index (χ4n) is 5.24. The first kappa shape index (κ1) is 28.4. The van der Waals surface area contributed by atoms with Crippen LogP contribution in [0.2, 0.25) is 5.02 Å². The Hall–Kier alpha value is -3.74. The fraction of sp³-hybridized carbons (Fsp3) is 0.207. The molecule has 3 heterocycles. The molecule has 1 fully saturated rings. The molecule has 0 radical (unpaired) electrons. The van der Waals surface area contributed by atoms with Crippen LogP contribution in [0.3, 0.4) is 0 Å². The molecular formula is C29H20ClF3N2O5S2. The van der Waals surface area contributed by atoms with Crippen molar-refractivity contribution >= 4 is 52.2 Å². The molecule has 42 heavy (non-hydrogen) atoms. The van der Waals surface area contributed by atoms with E-state index in [2.05, 4.69) is 4.98 Å². The zero-order valence-corrected chi connectivity index (χ0v) is 24.0. The molecule has 4 aromatic rings. The van der Waals surface area contributed by atoms with E-state index >= 15 is 0 Å². The van der Waals surface area contributed by atoms with E-state index in [-0.39, 0.29) is 17.2 Å². The number of aromatic nitrogens is 1. The number of halogens is 4. The number of carbonyl (C=O) groups excluding carboxylic acids is 2. The number of H-pyrrole nitrogens is 1. The Morgan fingerprint density at radius 2 is 1.76 bits per heavy atom. The summed E-state index contributed by atoms with van der Waals surface area (Å²) < 4.78 is 51.8. The molecule has 216 valence electrons. The van der Waals surface area contributed by atoms with E-state index in [1.54, 1.807) is 36.4 Å². The second-order valence-corrected chi connectivity index (χ2v) is 12.2. The summed E-state index contributed by atoms with van der Waals surface area (Å²) in [5.74, 6) is -2.22. The average Bonchev–Trinajstić information content (AvgIpc) is 3.45. The highest BCUT2D eigenvalue weighted by molar-refractivity contribution is 8.00. The van der Waals surface area contributed by atoms with Crippen molar-refractivity contribution in [2.45, 2.75) is 29.0 Å². The standard InChI is InChI=1S/C29H20ClF3N2O5S2/c1-39-20-11-15(8-9-19(20)40-13-14-4-2-6-17(30)10-14)21-22-24(41-25-23(21)42-28(38)34-25)27(37)35(26(22)36)18-7-3-5-16(12-18)29(31,32)33/h2-12,21-22,24H,13H2,1H3,(H,34,38)/t21-,22?,24?/m1/s1. The van der Waals surface area contributed by atoms with Gasteiger partial charge in [-0.05, 0) is 53.6 Å². The van der Waals surface area contributed by atoms with Crippen molar-refractivity contribution in [3.05, 3.63) is 103 Å². The number of anilines is 1. The van der Waals surface area contributed by atoms with Crippen LogP contribution in [0.1, 0.15) is 27.5 Å². The third-order valence-corrected chi connectivity index (χ3v) is 9.72. The maximum Gasteiger partial charge on any atom is 0.416 e. The Labute approximate surface area is 250 Å². The molecule has 2 aliphatic rings. The molecule has 2 amide bonds. The quantitative estimate of drug-likeness (QED) is 0.245. The lowest BCUT2D eigenvalue weighted by Gasteiger charge is -2.30.